The Hall–Kier alpha value is -0.830. The summed E-state index contributed by atoms with van der Waals surface area (Å²) in [5, 5.41) is 0. The van der Waals surface area contributed by atoms with Gasteiger partial charge in [-0.1, -0.05) is 31.8 Å². The monoisotopic (exact) mass is 229 g/mol. The van der Waals surface area contributed by atoms with Crippen LogP contribution >= 0.6 is 0 Å². The average Bonchev–Trinajstić information content (AvgIpc) is 2.22. The van der Waals surface area contributed by atoms with Gasteiger partial charge in [0.05, 0.1) is 6.61 Å². The Kier molecular flexibility index (Phi) is 15.6. The molecule has 0 atom stereocenters. The molecule has 96 valence electrons. The fourth-order valence-corrected chi connectivity index (χ4v) is 1.50. The lowest BCUT2D eigenvalue weighted by molar-refractivity contribution is -0.143. The highest BCUT2D eigenvalue weighted by molar-refractivity contribution is 5.69. The fourth-order valence-electron chi connectivity index (χ4n) is 1.50. The SMILES string of the molecule is C=CCCCCCCCCC(=O)OCC.N. The van der Waals surface area contributed by atoms with Gasteiger partial charge in [0, 0.05) is 6.42 Å². The van der Waals surface area contributed by atoms with Crippen LogP contribution in [0.3, 0.4) is 0 Å². The number of carbonyl (C=O) groups excluding carboxylic acids is 1. The van der Waals surface area contributed by atoms with Gasteiger partial charge in [0.15, 0.2) is 0 Å². The zero-order valence-electron chi connectivity index (χ0n) is 10.7. The first-order valence-electron chi connectivity index (χ1n) is 6.07. The van der Waals surface area contributed by atoms with Gasteiger partial charge in [-0.2, -0.15) is 0 Å². The van der Waals surface area contributed by atoms with Crippen molar-refractivity contribution in [3.63, 3.8) is 0 Å². The van der Waals surface area contributed by atoms with Crippen LogP contribution in [-0.2, 0) is 9.53 Å². The molecule has 0 unspecified atom stereocenters. The van der Waals surface area contributed by atoms with Gasteiger partial charge in [-0.25, -0.2) is 0 Å². The van der Waals surface area contributed by atoms with E-state index in [0.29, 0.717) is 13.0 Å². The minimum atomic E-state index is -0.0517. The van der Waals surface area contributed by atoms with Crippen LogP contribution < -0.4 is 6.15 Å². The summed E-state index contributed by atoms with van der Waals surface area (Å²) in [5.74, 6) is -0.0517. The minimum absolute atomic E-state index is 0. The van der Waals surface area contributed by atoms with Crippen molar-refractivity contribution < 1.29 is 9.53 Å². The lowest BCUT2D eigenvalue weighted by Gasteiger charge is -2.01. The molecule has 0 fully saturated rings. The molecule has 0 rings (SSSR count). The molecule has 0 aromatic heterocycles. The van der Waals surface area contributed by atoms with Crippen molar-refractivity contribution >= 4 is 5.97 Å². The molecule has 3 nitrogen and oxygen atoms in total. The predicted octanol–water partition coefficient (Wildman–Crippen LogP) is 4.02. The molecule has 3 N–H and O–H groups in total. The third-order valence-corrected chi connectivity index (χ3v) is 2.34. The highest BCUT2D eigenvalue weighted by Gasteiger charge is 2.00. The number of unbranched alkanes of at least 4 members (excludes halogenated alkanes) is 6. The lowest BCUT2D eigenvalue weighted by Crippen LogP contribution is -2.03. The molecule has 0 aliphatic carbocycles. The third-order valence-electron chi connectivity index (χ3n) is 2.34. The summed E-state index contributed by atoms with van der Waals surface area (Å²) in [4.78, 5) is 11.0. The molecule has 0 saturated carbocycles. The number of esters is 1. The second-order valence-electron chi connectivity index (χ2n) is 3.75. The number of rotatable bonds is 10. The standard InChI is InChI=1S/C13H24O2.H3N/c1-3-5-6-7-8-9-10-11-12-13(14)15-4-2;/h3H,1,4-12H2,2H3;1H3. The normalized spacial score (nSPS) is 9.31. The van der Waals surface area contributed by atoms with Gasteiger partial charge in [-0.15, -0.1) is 6.58 Å². The van der Waals surface area contributed by atoms with E-state index in [9.17, 15) is 4.79 Å². The van der Waals surface area contributed by atoms with E-state index < -0.39 is 0 Å². The van der Waals surface area contributed by atoms with E-state index in [2.05, 4.69) is 6.58 Å². The van der Waals surface area contributed by atoms with Crippen LogP contribution in [0.15, 0.2) is 12.7 Å². The largest absolute Gasteiger partial charge is 0.466 e. The van der Waals surface area contributed by atoms with E-state index in [1.807, 2.05) is 13.0 Å². The van der Waals surface area contributed by atoms with Crippen molar-refractivity contribution in [1.29, 1.82) is 0 Å². The number of ether oxygens (including phenoxy) is 1. The zero-order chi connectivity index (χ0) is 11.4. The van der Waals surface area contributed by atoms with E-state index >= 15 is 0 Å². The van der Waals surface area contributed by atoms with Gasteiger partial charge >= 0.3 is 5.97 Å². The molecule has 0 bridgehead atoms. The van der Waals surface area contributed by atoms with Crippen LogP contribution in [0.2, 0.25) is 0 Å². The van der Waals surface area contributed by atoms with E-state index in [1.165, 1.54) is 25.7 Å². The molecule has 0 saturated heterocycles. The number of hydrogen-bond acceptors (Lipinski definition) is 3. The molecule has 0 spiro atoms. The topological polar surface area (TPSA) is 61.3 Å². The highest BCUT2D eigenvalue weighted by Crippen LogP contribution is 2.09. The Balaban J connectivity index is 0. The first-order valence-corrected chi connectivity index (χ1v) is 6.07. The maximum Gasteiger partial charge on any atom is 0.305 e. The minimum Gasteiger partial charge on any atom is -0.466 e. The molecule has 0 radical (unpaired) electrons. The van der Waals surface area contributed by atoms with Crippen LogP contribution in [0, 0.1) is 0 Å². The predicted molar refractivity (Wildman–Crippen MR) is 68.8 cm³/mol. The Labute approximate surface area is 99.8 Å². The van der Waals surface area contributed by atoms with Crippen molar-refractivity contribution in [3.8, 4) is 0 Å². The Morgan fingerprint density at radius 3 is 2.25 bits per heavy atom. The van der Waals surface area contributed by atoms with Gasteiger partial charge < -0.3 is 10.9 Å². The van der Waals surface area contributed by atoms with Crippen molar-refractivity contribution in [2.24, 2.45) is 0 Å². The van der Waals surface area contributed by atoms with Crippen LogP contribution in [0.1, 0.15) is 58.3 Å². The van der Waals surface area contributed by atoms with Gasteiger partial charge in [-0.3, -0.25) is 4.79 Å². The summed E-state index contributed by atoms with van der Waals surface area (Å²) in [6.07, 6.45) is 10.8. The van der Waals surface area contributed by atoms with Gasteiger partial charge in [0.2, 0.25) is 0 Å². The first kappa shape index (κ1) is 17.6. The smallest absolute Gasteiger partial charge is 0.305 e. The summed E-state index contributed by atoms with van der Waals surface area (Å²) >= 11 is 0. The molecule has 0 aromatic carbocycles. The quantitative estimate of drug-likeness (QED) is 0.349. The van der Waals surface area contributed by atoms with E-state index in [1.54, 1.807) is 0 Å². The molecule has 0 heterocycles. The molecular weight excluding hydrogens is 202 g/mol. The van der Waals surface area contributed by atoms with Crippen molar-refractivity contribution in [2.45, 2.75) is 58.3 Å². The molecule has 0 aromatic rings. The van der Waals surface area contributed by atoms with Crippen molar-refractivity contribution in [1.82, 2.24) is 6.15 Å². The Bertz CT molecular complexity index is 169. The lowest BCUT2D eigenvalue weighted by atomic mass is 10.1. The van der Waals surface area contributed by atoms with Crippen LogP contribution in [0.5, 0.6) is 0 Å². The molecule has 0 amide bonds. The van der Waals surface area contributed by atoms with Gasteiger partial charge in [-0.05, 0) is 26.2 Å². The second-order valence-corrected chi connectivity index (χ2v) is 3.75. The van der Waals surface area contributed by atoms with Crippen molar-refractivity contribution in [2.75, 3.05) is 6.61 Å². The molecule has 3 heteroatoms. The highest BCUT2D eigenvalue weighted by atomic mass is 16.5. The van der Waals surface area contributed by atoms with E-state index in [0.717, 1.165) is 19.3 Å². The number of allylic oxidation sites excluding steroid dienone is 1. The molecule has 0 aliphatic rings. The van der Waals surface area contributed by atoms with Crippen LogP contribution in [0.25, 0.3) is 0 Å². The molecule has 0 aliphatic heterocycles. The second kappa shape index (κ2) is 14.2. The molecular formula is C13H27NO2. The maximum absolute atomic E-state index is 11.0. The summed E-state index contributed by atoms with van der Waals surface area (Å²) in [6, 6.07) is 0. The van der Waals surface area contributed by atoms with Crippen molar-refractivity contribution in [3.05, 3.63) is 12.7 Å². The average molecular weight is 229 g/mol. The summed E-state index contributed by atoms with van der Waals surface area (Å²) in [6.45, 7) is 6.04. The number of carbonyl (C=O) groups is 1. The molecule has 16 heavy (non-hydrogen) atoms. The fraction of sp³-hybridized carbons (Fsp3) is 0.769. The van der Waals surface area contributed by atoms with Gasteiger partial charge in [0.1, 0.15) is 0 Å². The zero-order valence-corrected chi connectivity index (χ0v) is 10.7. The Morgan fingerprint density at radius 2 is 1.69 bits per heavy atom. The van der Waals surface area contributed by atoms with E-state index in [-0.39, 0.29) is 12.1 Å². The maximum atomic E-state index is 11.0. The van der Waals surface area contributed by atoms with Crippen LogP contribution in [-0.4, -0.2) is 12.6 Å². The third kappa shape index (κ3) is 13.2. The summed E-state index contributed by atoms with van der Waals surface area (Å²) in [7, 11) is 0. The van der Waals surface area contributed by atoms with Crippen LogP contribution in [0.4, 0.5) is 0 Å². The summed E-state index contributed by atoms with van der Waals surface area (Å²) in [5.41, 5.74) is 0. The number of hydrogen-bond donors (Lipinski definition) is 1. The first-order chi connectivity index (χ1) is 7.31. The summed E-state index contributed by atoms with van der Waals surface area (Å²) < 4.78 is 4.85. The van der Waals surface area contributed by atoms with Gasteiger partial charge in [0.25, 0.3) is 0 Å². The Morgan fingerprint density at radius 1 is 1.12 bits per heavy atom. The van der Waals surface area contributed by atoms with E-state index in [4.69, 9.17) is 4.74 Å².